The van der Waals surface area contributed by atoms with Gasteiger partial charge in [0.05, 0.1) is 17.9 Å². The van der Waals surface area contributed by atoms with E-state index in [0.717, 1.165) is 57.3 Å². The molecule has 0 bridgehead atoms. The number of likely N-dealkylation sites (tertiary alicyclic amines) is 1. The third-order valence-corrected chi connectivity index (χ3v) is 6.26. The van der Waals surface area contributed by atoms with E-state index >= 15 is 0 Å². The molecule has 1 aliphatic carbocycles. The largest absolute Gasteiger partial charge is 0.353 e. The molecule has 0 aromatic carbocycles. The first-order valence-electron chi connectivity index (χ1n) is 10.4. The first kappa shape index (κ1) is 17.6. The Kier molecular flexibility index (Phi) is 5.27. The van der Waals surface area contributed by atoms with Gasteiger partial charge in [0.15, 0.2) is 0 Å². The van der Waals surface area contributed by atoms with Crippen LogP contribution in [0.1, 0.15) is 74.0 Å². The lowest BCUT2D eigenvalue weighted by Crippen LogP contribution is -2.40. The molecule has 1 aromatic rings. The number of fused-ring (bicyclic) bond motifs is 1. The van der Waals surface area contributed by atoms with Crippen LogP contribution in [0, 0.1) is 5.92 Å². The lowest BCUT2D eigenvalue weighted by Gasteiger charge is -2.26. The molecular weight excluding hydrogens is 328 g/mol. The average molecular weight is 358 g/mol. The molecule has 1 aromatic heterocycles. The van der Waals surface area contributed by atoms with E-state index in [4.69, 9.17) is 0 Å². The predicted octanol–water partition coefficient (Wildman–Crippen LogP) is 2.52. The van der Waals surface area contributed by atoms with Gasteiger partial charge < -0.3 is 14.8 Å². The van der Waals surface area contributed by atoms with E-state index in [1.54, 1.807) is 6.33 Å². The Morgan fingerprint density at radius 1 is 1.00 bits per heavy atom. The number of rotatable bonds is 3. The Morgan fingerprint density at radius 2 is 1.73 bits per heavy atom. The van der Waals surface area contributed by atoms with Gasteiger partial charge in [0.2, 0.25) is 5.91 Å². The third kappa shape index (κ3) is 3.64. The quantitative estimate of drug-likeness (QED) is 0.903. The Bertz CT molecular complexity index is 655. The van der Waals surface area contributed by atoms with Crippen molar-refractivity contribution in [3.8, 4) is 0 Å². The lowest BCUT2D eigenvalue weighted by molar-refractivity contribution is -0.126. The van der Waals surface area contributed by atoms with Crippen LogP contribution in [0.3, 0.4) is 0 Å². The Morgan fingerprint density at radius 3 is 2.46 bits per heavy atom. The first-order chi connectivity index (χ1) is 12.7. The van der Waals surface area contributed by atoms with Crippen molar-refractivity contribution < 1.29 is 9.59 Å². The third-order valence-electron chi connectivity index (χ3n) is 6.26. The zero-order valence-electron chi connectivity index (χ0n) is 15.6. The maximum atomic E-state index is 12.9. The monoisotopic (exact) mass is 358 g/mol. The minimum atomic E-state index is -0.00145. The topological polar surface area (TPSA) is 67.2 Å². The average Bonchev–Trinajstić information content (AvgIpc) is 3.23. The molecule has 142 valence electrons. The number of nitrogens with zero attached hydrogens (tertiary/aromatic N) is 3. The summed E-state index contributed by atoms with van der Waals surface area (Å²) < 4.78 is 2.04. The minimum absolute atomic E-state index is 0.00145. The summed E-state index contributed by atoms with van der Waals surface area (Å²) >= 11 is 0. The molecule has 4 rings (SSSR count). The molecule has 1 N–H and O–H groups in total. The van der Waals surface area contributed by atoms with Gasteiger partial charge in [-0.3, -0.25) is 9.59 Å². The number of nitrogens with one attached hydrogen (secondary N) is 1. The number of aromatic nitrogens is 2. The van der Waals surface area contributed by atoms with Crippen molar-refractivity contribution in [3.63, 3.8) is 0 Å². The van der Waals surface area contributed by atoms with Crippen LogP contribution in [0.2, 0.25) is 0 Å². The number of carbonyl (C=O) groups excluding carboxylic acids is 2. The Balaban J connectivity index is 1.41. The smallest absolute Gasteiger partial charge is 0.274 e. The molecular formula is C20H30N4O2. The highest BCUT2D eigenvalue weighted by molar-refractivity contribution is 5.93. The SMILES string of the molecule is O=C(NC1CCCC1)C1CCc2c(C(=O)N3CCCCCC3)ncn2C1. The fraction of sp³-hybridized carbons (Fsp3) is 0.750. The van der Waals surface area contributed by atoms with Crippen molar-refractivity contribution in [2.45, 2.75) is 76.8 Å². The van der Waals surface area contributed by atoms with Gasteiger partial charge in [-0.2, -0.15) is 0 Å². The molecule has 6 nitrogen and oxygen atoms in total. The highest BCUT2D eigenvalue weighted by atomic mass is 16.2. The van der Waals surface area contributed by atoms with Gasteiger partial charge >= 0.3 is 0 Å². The van der Waals surface area contributed by atoms with Crippen molar-refractivity contribution in [3.05, 3.63) is 17.7 Å². The van der Waals surface area contributed by atoms with Crippen LogP contribution < -0.4 is 5.32 Å². The van der Waals surface area contributed by atoms with Crippen LogP contribution in [0.25, 0.3) is 0 Å². The normalized spacial score (nSPS) is 24.2. The van der Waals surface area contributed by atoms with E-state index in [-0.39, 0.29) is 17.7 Å². The van der Waals surface area contributed by atoms with Crippen LogP contribution in [-0.4, -0.2) is 45.4 Å². The van der Waals surface area contributed by atoms with Crippen LogP contribution in [0.5, 0.6) is 0 Å². The molecule has 1 saturated heterocycles. The molecule has 1 unspecified atom stereocenters. The van der Waals surface area contributed by atoms with Crippen molar-refractivity contribution in [2.24, 2.45) is 5.92 Å². The highest BCUT2D eigenvalue weighted by Gasteiger charge is 2.31. The van der Waals surface area contributed by atoms with Crippen LogP contribution in [0.4, 0.5) is 0 Å². The van der Waals surface area contributed by atoms with Gasteiger partial charge in [-0.1, -0.05) is 25.7 Å². The zero-order valence-corrected chi connectivity index (χ0v) is 15.6. The lowest BCUT2D eigenvalue weighted by atomic mass is 9.95. The summed E-state index contributed by atoms with van der Waals surface area (Å²) in [6.45, 7) is 2.34. The van der Waals surface area contributed by atoms with Gasteiger partial charge in [-0.05, 0) is 38.5 Å². The maximum Gasteiger partial charge on any atom is 0.274 e. The van der Waals surface area contributed by atoms with Crippen molar-refractivity contribution in [1.29, 1.82) is 0 Å². The molecule has 0 radical (unpaired) electrons. The molecule has 3 aliphatic rings. The zero-order chi connectivity index (χ0) is 17.9. The summed E-state index contributed by atoms with van der Waals surface area (Å²) in [5.41, 5.74) is 1.63. The fourth-order valence-electron chi connectivity index (χ4n) is 4.67. The Labute approximate surface area is 155 Å². The molecule has 2 fully saturated rings. The van der Waals surface area contributed by atoms with Gasteiger partial charge in [-0.15, -0.1) is 0 Å². The number of amides is 2. The number of hydrogen-bond donors (Lipinski definition) is 1. The second-order valence-corrected chi connectivity index (χ2v) is 8.12. The molecule has 1 atom stereocenters. The number of carbonyl (C=O) groups is 2. The van der Waals surface area contributed by atoms with Crippen LogP contribution >= 0.6 is 0 Å². The minimum Gasteiger partial charge on any atom is -0.353 e. The Hall–Kier alpha value is -1.85. The second kappa shape index (κ2) is 7.80. The standard InChI is InChI=1S/C20H30N4O2/c25-19(22-16-7-3-4-8-16)15-9-10-17-18(21-14-24(17)13-15)20(26)23-11-5-1-2-6-12-23/h14-16H,1-13H2,(H,22,25). The van der Waals surface area contributed by atoms with Crippen molar-refractivity contribution >= 4 is 11.8 Å². The van der Waals surface area contributed by atoms with Gasteiger partial charge in [0, 0.05) is 25.7 Å². The summed E-state index contributed by atoms with van der Waals surface area (Å²) in [5, 5.41) is 3.22. The summed E-state index contributed by atoms with van der Waals surface area (Å²) in [4.78, 5) is 31.9. The van der Waals surface area contributed by atoms with E-state index in [1.807, 2.05) is 9.47 Å². The summed E-state index contributed by atoms with van der Waals surface area (Å²) in [6, 6.07) is 0.367. The van der Waals surface area contributed by atoms with E-state index in [2.05, 4.69) is 10.3 Å². The predicted molar refractivity (Wildman–Crippen MR) is 98.8 cm³/mol. The second-order valence-electron chi connectivity index (χ2n) is 8.12. The van der Waals surface area contributed by atoms with Gasteiger partial charge in [0.1, 0.15) is 5.69 Å². The summed E-state index contributed by atoms with van der Waals surface area (Å²) in [7, 11) is 0. The highest BCUT2D eigenvalue weighted by Crippen LogP contribution is 2.25. The molecule has 6 heteroatoms. The number of imidazole rings is 1. The number of hydrogen-bond acceptors (Lipinski definition) is 3. The van der Waals surface area contributed by atoms with E-state index < -0.39 is 0 Å². The van der Waals surface area contributed by atoms with E-state index in [1.165, 1.54) is 25.7 Å². The van der Waals surface area contributed by atoms with Crippen molar-refractivity contribution in [2.75, 3.05) is 13.1 Å². The van der Waals surface area contributed by atoms with E-state index in [0.29, 0.717) is 18.3 Å². The van der Waals surface area contributed by atoms with Gasteiger partial charge in [0.25, 0.3) is 5.91 Å². The van der Waals surface area contributed by atoms with Crippen LogP contribution in [-0.2, 0) is 17.8 Å². The summed E-state index contributed by atoms with van der Waals surface area (Å²) in [6.07, 6.45) is 12.6. The molecule has 2 aliphatic heterocycles. The van der Waals surface area contributed by atoms with E-state index in [9.17, 15) is 9.59 Å². The molecule has 0 spiro atoms. The van der Waals surface area contributed by atoms with Crippen molar-refractivity contribution in [1.82, 2.24) is 19.8 Å². The molecule has 2 amide bonds. The van der Waals surface area contributed by atoms with Gasteiger partial charge in [-0.25, -0.2) is 4.98 Å². The summed E-state index contributed by atoms with van der Waals surface area (Å²) in [5.74, 6) is 0.254. The maximum absolute atomic E-state index is 12.9. The first-order valence-corrected chi connectivity index (χ1v) is 10.4. The molecule has 3 heterocycles. The van der Waals surface area contributed by atoms with Crippen LogP contribution in [0.15, 0.2) is 6.33 Å². The molecule has 1 saturated carbocycles. The fourth-order valence-corrected chi connectivity index (χ4v) is 4.67. The molecule has 26 heavy (non-hydrogen) atoms.